The Morgan fingerprint density at radius 2 is 1.81 bits per heavy atom. The summed E-state index contributed by atoms with van der Waals surface area (Å²) in [6.45, 7) is 4.73. The SMILES string of the molecule is N#CC(=Cc1cccc(F)n1)C(=O)NC(c1ccccc1)c1ccc(OCCN2CCOCC2)cc1. The number of rotatable bonds is 9. The quantitative estimate of drug-likeness (QED) is 0.282. The first-order valence-electron chi connectivity index (χ1n) is 11.8. The third-order valence-electron chi connectivity index (χ3n) is 5.80. The number of carbonyl (C=O) groups is 1. The van der Waals surface area contributed by atoms with Gasteiger partial charge in [-0.05, 0) is 41.5 Å². The average molecular weight is 487 g/mol. The number of pyridine rings is 1. The van der Waals surface area contributed by atoms with E-state index in [1.165, 1.54) is 24.3 Å². The molecule has 1 atom stereocenters. The second-order valence-electron chi connectivity index (χ2n) is 8.24. The van der Waals surface area contributed by atoms with Gasteiger partial charge >= 0.3 is 0 Å². The Morgan fingerprint density at radius 3 is 2.50 bits per heavy atom. The molecule has 0 bridgehead atoms. The van der Waals surface area contributed by atoms with Gasteiger partial charge < -0.3 is 14.8 Å². The van der Waals surface area contributed by atoms with Gasteiger partial charge in [-0.1, -0.05) is 48.5 Å². The molecule has 8 heteroatoms. The summed E-state index contributed by atoms with van der Waals surface area (Å²) in [7, 11) is 0. The number of hydrogen-bond donors (Lipinski definition) is 1. The van der Waals surface area contributed by atoms with Crippen molar-refractivity contribution in [2.75, 3.05) is 39.5 Å². The molecule has 4 rings (SSSR count). The lowest BCUT2D eigenvalue weighted by atomic mass is 9.98. The fourth-order valence-corrected chi connectivity index (χ4v) is 3.89. The Hall–Kier alpha value is -4.06. The highest BCUT2D eigenvalue weighted by Crippen LogP contribution is 2.25. The van der Waals surface area contributed by atoms with Gasteiger partial charge in [-0.25, -0.2) is 4.98 Å². The highest BCUT2D eigenvalue weighted by Gasteiger charge is 2.20. The number of nitrogens with one attached hydrogen (secondary N) is 1. The number of ether oxygens (including phenoxy) is 2. The van der Waals surface area contributed by atoms with Gasteiger partial charge in [-0.3, -0.25) is 9.69 Å². The Labute approximate surface area is 209 Å². The maximum Gasteiger partial charge on any atom is 0.262 e. The molecule has 1 aromatic heterocycles. The summed E-state index contributed by atoms with van der Waals surface area (Å²) >= 11 is 0. The van der Waals surface area contributed by atoms with Gasteiger partial charge in [-0.15, -0.1) is 0 Å². The van der Waals surface area contributed by atoms with Crippen LogP contribution in [0.1, 0.15) is 22.9 Å². The number of benzene rings is 2. The number of nitrogens with zero attached hydrogens (tertiary/aromatic N) is 3. The van der Waals surface area contributed by atoms with Crippen LogP contribution in [-0.2, 0) is 9.53 Å². The minimum absolute atomic E-state index is 0.169. The summed E-state index contributed by atoms with van der Waals surface area (Å²) in [5, 5.41) is 12.5. The second kappa shape index (κ2) is 12.6. The minimum atomic E-state index is -0.684. The number of morpholine rings is 1. The maximum absolute atomic E-state index is 13.4. The van der Waals surface area contributed by atoms with E-state index in [0.29, 0.717) is 6.61 Å². The highest BCUT2D eigenvalue weighted by atomic mass is 19.1. The molecule has 0 radical (unpaired) electrons. The fraction of sp³-hybridized carbons (Fsp3) is 0.250. The molecule has 1 unspecified atom stereocenters. The van der Waals surface area contributed by atoms with Gasteiger partial charge in [0.15, 0.2) is 0 Å². The molecule has 2 heterocycles. The molecular formula is C28H27FN4O3. The minimum Gasteiger partial charge on any atom is -0.492 e. The lowest BCUT2D eigenvalue weighted by Crippen LogP contribution is -2.38. The Kier molecular flexibility index (Phi) is 8.76. The van der Waals surface area contributed by atoms with Crippen LogP contribution < -0.4 is 10.1 Å². The van der Waals surface area contributed by atoms with E-state index in [4.69, 9.17) is 9.47 Å². The van der Waals surface area contributed by atoms with Gasteiger partial charge in [0.25, 0.3) is 5.91 Å². The molecule has 0 saturated carbocycles. The van der Waals surface area contributed by atoms with Gasteiger partial charge in [-0.2, -0.15) is 9.65 Å². The Morgan fingerprint density at radius 1 is 1.08 bits per heavy atom. The summed E-state index contributed by atoms with van der Waals surface area (Å²) in [5.74, 6) is -0.529. The first kappa shape index (κ1) is 25.0. The molecular weight excluding hydrogens is 459 g/mol. The summed E-state index contributed by atoms with van der Waals surface area (Å²) in [4.78, 5) is 19.0. The molecule has 1 aliphatic heterocycles. The van der Waals surface area contributed by atoms with Crippen LogP contribution in [0.25, 0.3) is 6.08 Å². The second-order valence-corrected chi connectivity index (χ2v) is 8.24. The van der Waals surface area contributed by atoms with Crippen LogP contribution in [0.4, 0.5) is 4.39 Å². The third-order valence-corrected chi connectivity index (χ3v) is 5.80. The van der Waals surface area contributed by atoms with Crippen LogP contribution in [-0.4, -0.2) is 55.2 Å². The molecule has 2 aromatic carbocycles. The third kappa shape index (κ3) is 6.98. The Balaban J connectivity index is 1.47. The first-order valence-corrected chi connectivity index (χ1v) is 11.8. The molecule has 7 nitrogen and oxygen atoms in total. The molecule has 3 aromatic rings. The van der Waals surface area contributed by atoms with Gasteiger partial charge in [0.2, 0.25) is 5.95 Å². The van der Waals surface area contributed by atoms with E-state index in [9.17, 15) is 14.4 Å². The summed E-state index contributed by atoms with van der Waals surface area (Å²) in [6.07, 6.45) is 1.27. The van der Waals surface area contributed by atoms with Crippen molar-refractivity contribution in [1.29, 1.82) is 5.26 Å². The van der Waals surface area contributed by atoms with Crippen LogP contribution in [0.15, 0.2) is 78.4 Å². The molecule has 0 spiro atoms. The van der Waals surface area contributed by atoms with Crippen molar-refractivity contribution in [2.45, 2.75) is 6.04 Å². The van der Waals surface area contributed by atoms with Crippen molar-refractivity contribution in [2.24, 2.45) is 0 Å². The van der Waals surface area contributed by atoms with E-state index in [2.05, 4.69) is 15.2 Å². The number of carbonyl (C=O) groups excluding carboxylic acids is 1. The number of amides is 1. The lowest BCUT2D eigenvalue weighted by molar-refractivity contribution is -0.117. The van der Waals surface area contributed by atoms with Crippen LogP contribution in [0.5, 0.6) is 5.75 Å². The van der Waals surface area contributed by atoms with Crippen LogP contribution in [0.2, 0.25) is 0 Å². The van der Waals surface area contributed by atoms with Crippen LogP contribution in [0, 0.1) is 17.3 Å². The molecule has 1 aliphatic rings. The smallest absolute Gasteiger partial charge is 0.262 e. The zero-order valence-electron chi connectivity index (χ0n) is 19.8. The van der Waals surface area contributed by atoms with E-state index in [0.717, 1.165) is 49.7 Å². The summed E-state index contributed by atoms with van der Waals surface area (Å²) in [5.41, 5.74) is 1.71. The van der Waals surface area contributed by atoms with Gasteiger partial charge in [0.1, 0.15) is 24.0 Å². The number of nitriles is 1. The normalized spacial score (nSPS) is 15.1. The Bertz CT molecular complexity index is 1220. The molecule has 1 N–H and O–H groups in total. The number of halogens is 1. The van der Waals surface area contributed by atoms with Gasteiger partial charge in [0, 0.05) is 19.6 Å². The lowest BCUT2D eigenvalue weighted by Gasteiger charge is -2.26. The van der Waals surface area contributed by atoms with Crippen LogP contribution >= 0.6 is 0 Å². The maximum atomic E-state index is 13.4. The van der Waals surface area contributed by atoms with Crippen LogP contribution in [0.3, 0.4) is 0 Å². The number of aromatic nitrogens is 1. The predicted molar refractivity (Wildman–Crippen MR) is 133 cm³/mol. The van der Waals surface area contributed by atoms with E-state index in [1.807, 2.05) is 60.7 Å². The molecule has 1 fully saturated rings. The first-order chi connectivity index (χ1) is 17.6. The van der Waals surface area contributed by atoms with Gasteiger partial charge in [0.05, 0.1) is 24.9 Å². The number of hydrogen-bond acceptors (Lipinski definition) is 6. The van der Waals surface area contributed by atoms with E-state index >= 15 is 0 Å². The van der Waals surface area contributed by atoms with E-state index in [-0.39, 0.29) is 11.3 Å². The molecule has 36 heavy (non-hydrogen) atoms. The molecule has 1 amide bonds. The molecule has 1 saturated heterocycles. The van der Waals surface area contributed by atoms with Crippen molar-refractivity contribution in [3.8, 4) is 11.8 Å². The average Bonchev–Trinajstić information content (AvgIpc) is 2.92. The highest BCUT2D eigenvalue weighted by molar-refractivity contribution is 6.01. The van der Waals surface area contributed by atoms with Crippen molar-refractivity contribution < 1.29 is 18.7 Å². The largest absolute Gasteiger partial charge is 0.492 e. The topological polar surface area (TPSA) is 87.5 Å². The zero-order valence-corrected chi connectivity index (χ0v) is 19.8. The molecule has 184 valence electrons. The van der Waals surface area contributed by atoms with E-state index in [1.54, 1.807) is 0 Å². The predicted octanol–water partition coefficient (Wildman–Crippen LogP) is 3.74. The van der Waals surface area contributed by atoms with Crippen molar-refractivity contribution >= 4 is 12.0 Å². The zero-order chi connectivity index (χ0) is 25.2. The van der Waals surface area contributed by atoms with E-state index < -0.39 is 17.9 Å². The standard InChI is InChI=1S/C28H27FN4O3/c29-26-8-4-7-24(31-26)19-23(20-30)28(34)32-27(21-5-2-1-3-6-21)22-9-11-25(12-10-22)36-18-15-33-13-16-35-17-14-33/h1-12,19,27H,13-18H2,(H,32,34). The fourth-order valence-electron chi connectivity index (χ4n) is 3.89. The summed E-state index contributed by atoms with van der Waals surface area (Å²) < 4.78 is 24.7. The monoisotopic (exact) mass is 486 g/mol. The molecule has 0 aliphatic carbocycles. The summed E-state index contributed by atoms with van der Waals surface area (Å²) in [6, 6.07) is 22.6. The van der Waals surface area contributed by atoms with Crippen molar-refractivity contribution in [3.63, 3.8) is 0 Å². The van der Waals surface area contributed by atoms with Crippen molar-refractivity contribution in [1.82, 2.24) is 15.2 Å². The van der Waals surface area contributed by atoms with Crippen molar-refractivity contribution in [3.05, 3.63) is 101 Å².